The zero-order chi connectivity index (χ0) is 15.5. The maximum absolute atomic E-state index is 13.3. The first-order valence-corrected chi connectivity index (χ1v) is 7.00. The van der Waals surface area contributed by atoms with Gasteiger partial charge in [0.2, 0.25) is 0 Å². The van der Waals surface area contributed by atoms with Gasteiger partial charge in [0.25, 0.3) is 0 Å². The van der Waals surface area contributed by atoms with Gasteiger partial charge in [0.1, 0.15) is 5.54 Å². The molecule has 0 saturated heterocycles. The van der Waals surface area contributed by atoms with E-state index >= 15 is 0 Å². The smallest absolute Gasteiger partial charge is 0.323 e. The number of carboxylic acids is 1. The van der Waals surface area contributed by atoms with Crippen molar-refractivity contribution < 1.29 is 23.4 Å². The Kier molecular flexibility index (Phi) is 4.77. The summed E-state index contributed by atoms with van der Waals surface area (Å²) in [5, 5.41) is 12.4. The summed E-state index contributed by atoms with van der Waals surface area (Å²) in [6, 6.07) is 3.76. The maximum atomic E-state index is 13.3. The zero-order valence-corrected chi connectivity index (χ0v) is 11.9. The van der Waals surface area contributed by atoms with Crippen molar-refractivity contribution in [1.82, 2.24) is 5.32 Å². The molecule has 1 fully saturated rings. The first kappa shape index (κ1) is 15.7. The van der Waals surface area contributed by atoms with Crippen molar-refractivity contribution in [3.8, 4) is 5.75 Å². The molecule has 4 nitrogen and oxygen atoms in total. The van der Waals surface area contributed by atoms with E-state index in [1.54, 1.807) is 6.92 Å². The highest BCUT2D eigenvalue weighted by molar-refractivity contribution is 5.78. The van der Waals surface area contributed by atoms with Crippen LogP contribution in [0.5, 0.6) is 5.75 Å². The molecule has 1 saturated carbocycles. The number of carboxylic acid groups (broad SMARTS) is 1. The molecule has 0 heterocycles. The SMILES string of the molecule is CC(CCCOc1c(F)cccc1F)(NC1CC1)C(=O)O. The van der Waals surface area contributed by atoms with Crippen molar-refractivity contribution in [3.05, 3.63) is 29.8 Å². The average Bonchev–Trinajstić information content (AvgIpc) is 3.21. The van der Waals surface area contributed by atoms with Crippen LogP contribution in [-0.2, 0) is 4.79 Å². The van der Waals surface area contributed by atoms with Gasteiger partial charge >= 0.3 is 5.97 Å². The molecule has 2 N–H and O–H groups in total. The van der Waals surface area contributed by atoms with Crippen LogP contribution in [0, 0.1) is 11.6 Å². The van der Waals surface area contributed by atoms with Crippen LogP contribution in [0.1, 0.15) is 32.6 Å². The summed E-state index contributed by atoms with van der Waals surface area (Å²) >= 11 is 0. The van der Waals surface area contributed by atoms with E-state index in [1.807, 2.05) is 0 Å². The van der Waals surface area contributed by atoms with E-state index < -0.39 is 28.9 Å². The van der Waals surface area contributed by atoms with Gasteiger partial charge in [-0.2, -0.15) is 0 Å². The highest BCUT2D eigenvalue weighted by Gasteiger charge is 2.37. The van der Waals surface area contributed by atoms with Crippen molar-refractivity contribution in [1.29, 1.82) is 0 Å². The summed E-state index contributed by atoms with van der Waals surface area (Å²) in [6.07, 6.45) is 2.69. The second-order valence-corrected chi connectivity index (χ2v) is 5.56. The molecule has 6 heteroatoms. The Hall–Kier alpha value is -1.69. The highest BCUT2D eigenvalue weighted by atomic mass is 19.1. The largest absolute Gasteiger partial charge is 0.488 e. The van der Waals surface area contributed by atoms with Crippen molar-refractivity contribution >= 4 is 5.97 Å². The van der Waals surface area contributed by atoms with Crippen LogP contribution >= 0.6 is 0 Å². The first-order valence-electron chi connectivity index (χ1n) is 7.00. The molecule has 116 valence electrons. The molecule has 0 amide bonds. The van der Waals surface area contributed by atoms with E-state index in [0.29, 0.717) is 12.8 Å². The maximum Gasteiger partial charge on any atom is 0.323 e. The van der Waals surface area contributed by atoms with E-state index in [1.165, 1.54) is 6.07 Å². The number of hydrogen-bond donors (Lipinski definition) is 2. The molecule has 1 unspecified atom stereocenters. The predicted octanol–water partition coefficient (Wildman–Crippen LogP) is 2.72. The van der Waals surface area contributed by atoms with Crippen LogP contribution in [0.15, 0.2) is 18.2 Å². The van der Waals surface area contributed by atoms with Crippen molar-refractivity contribution in [2.24, 2.45) is 0 Å². The fraction of sp³-hybridized carbons (Fsp3) is 0.533. The average molecular weight is 299 g/mol. The van der Waals surface area contributed by atoms with Crippen LogP contribution in [0.25, 0.3) is 0 Å². The van der Waals surface area contributed by atoms with Gasteiger partial charge in [-0.3, -0.25) is 10.1 Å². The number of halogens is 2. The van der Waals surface area contributed by atoms with Gasteiger partial charge < -0.3 is 9.84 Å². The van der Waals surface area contributed by atoms with Crippen LogP contribution in [-0.4, -0.2) is 29.3 Å². The lowest BCUT2D eigenvalue weighted by atomic mass is 9.96. The summed E-state index contributed by atoms with van der Waals surface area (Å²) in [4.78, 5) is 11.3. The van der Waals surface area contributed by atoms with Crippen LogP contribution in [0.2, 0.25) is 0 Å². The molecular weight excluding hydrogens is 280 g/mol. The minimum Gasteiger partial charge on any atom is -0.488 e. The van der Waals surface area contributed by atoms with E-state index in [9.17, 15) is 18.7 Å². The van der Waals surface area contributed by atoms with E-state index in [-0.39, 0.29) is 12.6 Å². The standard InChI is InChI=1S/C15H19F2NO3/c1-15(14(19)20,18-10-6-7-10)8-3-9-21-13-11(16)4-2-5-12(13)17/h2,4-5,10,18H,3,6-9H2,1H3,(H,19,20). The van der Waals surface area contributed by atoms with Crippen molar-refractivity contribution in [2.75, 3.05) is 6.61 Å². The molecule has 0 aromatic heterocycles. The molecule has 1 aromatic carbocycles. The molecule has 0 bridgehead atoms. The normalized spacial score (nSPS) is 17.3. The number of aliphatic carboxylic acids is 1. The Morgan fingerprint density at radius 2 is 2.05 bits per heavy atom. The van der Waals surface area contributed by atoms with Gasteiger partial charge in [-0.15, -0.1) is 0 Å². The highest BCUT2D eigenvalue weighted by Crippen LogP contribution is 2.26. The second-order valence-electron chi connectivity index (χ2n) is 5.56. The molecule has 0 aliphatic heterocycles. The quantitative estimate of drug-likeness (QED) is 0.725. The third-order valence-corrected chi connectivity index (χ3v) is 3.56. The number of benzene rings is 1. The fourth-order valence-corrected chi connectivity index (χ4v) is 2.14. The van der Waals surface area contributed by atoms with Crippen molar-refractivity contribution in [3.63, 3.8) is 0 Å². The molecule has 1 aliphatic rings. The Morgan fingerprint density at radius 3 is 2.57 bits per heavy atom. The fourth-order valence-electron chi connectivity index (χ4n) is 2.14. The van der Waals surface area contributed by atoms with Gasteiger partial charge in [-0.1, -0.05) is 6.07 Å². The van der Waals surface area contributed by atoms with E-state index in [4.69, 9.17) is 4.74 Å². The third kappa shape index (κ3) is 4.14. The number of ether oxygens (including phenoxy) is 1. The Balaban J connectivity index is 1.83. The number of rotatable bonds is 8. The van der Waals surface area contributed by atoms with Crippen LogP contribution < -0.4 is 10.1 Å². The molecule has 0 radical (unpaired) electrons. The van der Waals surface area contributed by atoms with Crippen molar-refractivity contribution in [2.45, 2.75) is 44.2 Å². The second kappa shape index (κ2) is 6.39. The summed E-state index contributed by atoms with van der Waals surface area (Å²) in [5.74, 6) is -2.85. The monoisotopic (exact) mass is 299 g/mol. The molecule has 2 rings (SSSR count). The molecular formula is C15H19F2NO3. The first-order chi connectivity index (χ1) is 9.92. The number of para-hydroxylation sites is 1. The topological polar surface area (TPSA) is 58.6 Å². The molecule has 21 heavy (non-hydrogen) atoms. The number of carbonyl (C=O) groups is 1. The minimum atomic E-state index is -1.03. The number of nitrogens with one attached hydrogen (secondary N) is 1. The van der Waals surface area contributed by atoms with Crippen LogP contribution in [0.3, 0.4) is 0 Å². The predicted molar refractivity (Wildman–Crippen MR) is 73.3 cm³/mol. The lowest BCUT2D eigenvalue weighted by Gasteiger charge is -2.26. The molecule has 1 aliphatic carbocycles. The number of hydrogen-bond acceptors (Lipinski definition) is 3. The Bertz CT molecular complexity index is 499. The van der Waals surface area contributed by atoms with Gasteiger partial charge in [0.15, 0.2) is 17.4 Å². The minimum absolute atomic E-state index is 0.0626. The molecule has 1 aromatic rings. The van der Waals surface area contributed by atoms with Gasteiger partial charge in [0.05, 0.1) is 6.61 Å². The summed E-state index contributed by atoms with van der Waals surface area (Å²) in [6.45, 7) is 1.68. The summed E-state index contributed by atoms with van der Waals surface area (Å²) < 4.78 is 31.8. The van der Waals surface area contributed by atoms with Gasteiger partial charge in [-0.05, 0) is 44.7 Å². The molecule has 1 atom stereocenters. The van der Waals surface area contributed by atoms with Gasteiger partial charge in [0, 0.05) is 6.04 Å². The zero-order valence-electron chi connectivity index (χ0n) is 11.9. The van der Waals surface area contributed by atoms with Crippen LogP contribution in [0.4, 0.5) is 8.78 Å². The lowest BCUT2D eigenvalue weighted by Crippen LogP contribution is -2.50. The van der Waals surface area contributed by atoms with Gasteiger partial charge in [-0.25, -0.2) is 8.78 Å². The van der Waals surface area contributed by atoms with E-state index in [0.717, 1.165) is 25.0 Å². The van der Waals surface area contributed by atoms with E-state index in [2.05, 4.69) is 5.32 Å². The lowest BCUT2D eigenvalue weighted by molar-refractivity contribution is -0.144. The third-order valence-electron chi connectivity index (χ3n) is 3.56. The summed E-state index contributed by atoms with van der Waals surface area (Å²) in [7, 11) is 0. The summed E-state index contributed by atoms with van der Waals surface area (Å²) in [5.41, 5.74) is -1.03. The molecule has 0 spiro atoms. The Morgan fingerprint density at radius 1 is 1.43 bits per heavy atom. The Labute approximate surface area is 122 Å².